The van der Waals surface area contributed by atoms with Crippen molar-refractivity contribution in [2.24, 2.45) is 11.7 Å². The van der Waals surface area contributed by atoms with Crippen LogP contribution in [0.2, 0.25) is 0 Å². The minimum atomic E-state index is -1.53. The molecule has 0 radical (unpaired) electrons. The first-order chi connectivity index (χ1) is 13.1. The van der Waals surface area contributed by atoms with Gasteiger partial charge in [0.2, 0.25) is 0 Å². The molecule has 1 unspecified atom stereocenters. The minimum absolute atomic E-state index is 0.184. The Kier molecular flexibility index (Phi) is 8.43. The van der Waals surface area contributed by atoms with Gasteiger partial charge in [-0.15, -0.1) is 0 Å². The van der Waals surface area contributed by atoms with Crippen molar-refractivity contribution in [2.75, 3.05) is 6.54 Å². The van der Waals surface area contributed by atoms with Gasteiger partial charge in [-0.3, -0.25) is 0 Å². The molecule has 0 fully saturated rings. The largest absolute Gasteiger partial charge is 0.478 e. The molecule has 0 spiro atoms. The van der Waals surface area contributed by atoms with E-state index in [4.69, 9.17) is 15.9 Å². The average Bonchev–Trinajstić information content (AvgIpc) is 2.65. The highest BCUT2D eigenvalue weighted by molar-refractivity contribution is 5.89. The Bertz CT molecular complexity index is 792. The van der Waals surface area contributed by atoms with Crippen molar-refractivity contribution in [2.45, 2.75) is 12.5 Å². The lowest BCUT2D eigenvalue weighted by Crippen LogP contribution is -2.39. The Morgan fingerprint density at radius 1 is 1.00 bits per heavy atom. The number of hydrogen-bond acceptors (Lipinski definition) is 4. The highest BCUT2D eigenvalue weighted by Crippen LogP contribution is 2.36. The van der Waals surface area contributed by atoms with Gasteiger partial charge in [-0.2, -0.15) is 0 Å². The van der Waals surface area contributed by atoms with E-state index in [9.17, 15) is 23.5 Å². The summed E-state index contributed by atoms with van der Waals surface area (Å²) in [6, 6.07) is 11.3. The molecule has 0 saturated carbocycles. The number of aliphatic carboxylic acids is 2. The lowest BCUT2D eigenvalue weighted by atomic mass is 9.77. The van der Waals surface area contributed by atoms with Gasteiger partial charge in [0.25, 0.3) is 0 Å². The predicted octanol–water partition coefficient (Wildman–Crippen LogP) is 2.51. The molecule has 6 nitrogen and oxygen atoms in total. The van der Waals surface area contributed by atoms with Crippen molar-refractivity contribution in [3.05, 3.63) is 83.4 Å². The Morgan fingerprint density at radius 3 is 1.68 bits per heavy atom. The SMILES string of the molecule is CC(CN)C(O)(c1cccc(F)c1)c1cccc(F)c1.O=C(O)/C=C\C(=O)O. The van der Waals surface area contributed by atoms with Crippen LogP contribution in [0.1, 0.15) is 18.1 Å². The molecule has 2 rings (SSSR count). The molecule has 0 aliphatic rings. The van der Waals surface area contributed by atoms with Gasteiger partial charge < -0.3 is 21.1 Å². The molecule has 2 aromatic rings. The molecule has 0 bridgehead atoms. The van der Waals surface area contributed by atoms with Crippen molar-refractivity contribution in [1.82, 2.24) is 0 Å². The Labute approximate surface area is 160 Å². The van der Waals surface area contributed by atoms with Gasteiger partial charge in [0.15, 0.2) is 0 Å². The Balaban J connectivity index is 0.000000416. The summed E-state index contributed by atoms with van der Waals surface area (Å²) in [5.41, 5.74) is 4.86. The number of nitrogens with two attached hydrogens (primary N) is 1. The summed E-state index contributed by atoms with van der Waals surface area (Å²) in [6.07, 6.45) is 1.12. The zero-order valence-electron chi connectivity index (χ0n) is 15.0. The van der Waals surface area contributed by atoms with Crippen LogP contribution in [0.3, 0.4) is 0 Å². The molecule has 0 heterocycles. The van der Waals surface area contributed by atoms with Gasteiger partial charge in [-0.05, 0) is 41.9 Å². The highest BCUT2D eigenvalue weighted by Gasteiger charge is 2.37. The third-order valence-corrected chi connectivity index (χ3v) is 3.96. The van der Waals surface area contributed by atoms with Gasteiger partial charge in [0, 0.05) is 18.1 Å². The van der Waals surface area contributed by atoms with Crippen LogP contribution in [0.4, 0.5) is 8.78 Å². The maximum absolute atomic E-state index is 13.4. The van der Waals surface area contributed by atoms with E-state index in [1.807, 2.05) is 0 Å². The summed E-state index contributed by atoms with van der Waals surface area (Å²) in [5.74, 6) is -3.83. The van der Waals surface area contributed by atoms with E-state index in [0.29, 0.717) is 23.3 Å². The van der Waals surface area contributed by atoms with E-state index in [0.717, 1.165) is 0 Å². The smallest absolute Gasteiger partial charge is 0.328 e. The summed E-state index contributed by atoms with van der Waals surface area (Å²) in [4.78, 5) is 19.1. The second-order valence-electron chi connectivity index (χ2n) is 5.93. The van der Waals surface area contributed by atoms with Crippen molar-refractivity contribution < 1.29 is 33.7 Å². The molecular formula is C20H21F2NO5. The maximum Gasteiger partial charge on any atom is 0.328 e. The monoisotopic (exact) mass is 393 g/mol. The lowest BCUT2D eigenvalue weighted by molar-refractivity contribution is -0.134. The number of aliphatic hydroxyl groups is 1. The maximum atomic E-state index is 13.4. The fourth-order valence-electron chi connectivity index (χ4n) is 2.50. The topological polar surface area (TPSA) is 121 Å². The number of rotatable bonds is 6. The fourth-order valence-corrected chi connectivity index (χ4v) is 2.50. The molecule has 0 amide bonds. The molecule has 0 aliphatic heterocycles. The van der Waals surface area contributed by atoms with Crippen LogP contribution >= 0.6 is 0 Å². The second-order valence-corrected chi connectivity index (χ2v) is 5.93. The molecule has 1 atom stereocenters. The van der Waals surface area contributed by atoms with E-state index < -0.39 is 35.1 Å². The zero-order valence-corrected chi connectivity index (χ0v) is 15.0. The van der Waals surface area contributed by atoms with Gasteiger partial charge in [0.1, 0.15) is 17.2 Å². The van der Waals surface area contributed by atoms with Crippen LogP contribution < -0.4 is 5.73 Å². The average molecular weight is 393 g/mol. The zero-order chi connectivity index (χ0) is 21.3. The summed E-state index contributed by atoms with van der Waals surface area (Å²) in [7, 11) is 0. The van der Waals surface area contributed by atoms with E-state index in [2.05, 4.69) is 0 Å². The third-order valence-electron chi connectivity index (χ3n) is 3.96. The second kappa shape index (κ2) is 10.3. The number of hydrogen-bond donors (Lipinski definition) is 4. The first kappa shape index (κ1) is 22.9. The summed E-state index contributed by atoms with van der Waals surface area (Å²) in [6.45, 7) is 1.93. The molecule has 2 aromatic carbocycles. The molecule has 28 heavy (non-hydrogen) atoms. The van der Waals surface area contributed by atoms with E-state index in [1.165, 1.54) is 36.4 Å². The van der Waals surface area contributed by atoms with Gasteiger partial charge in [-0.1, -0.05) is 31.2 Å². The first-order valence-electron chi connectivity index (χ1n) is 8.19. The van der Waals surface area contributed by atoms with Gasteiger partial charge >= 0.3 is 11.9 Å². The molecule has 5 N–H and O–H groups in total. The van der Waals surface area contributed by atoms with Crippen molar-refractivity contribution in [1.29, 1.82) is 0 Å². The van der Waals surface area contributed by atoms with Crippen LogP contribution in [0.5, 0.6) is 0 Å². The standard InChI is InChI=1S/C16H17F2NO.C4H4O4/c1-11(10-19)16(20,12-4-2-6-14(17)8-12)13-5-3-7-15(18)9-13;5-3(6)1-2-4(7)8/h2-9,11,20H,10,19H2,1H3;1-2H,(H,5,6)(H,7,8)/b;2-1-. The molecule has 0 saturated heterocycles. The van der Waals surface area contributed by atoms with E-state index in [-0.39, 0.29) is 6.54 Å². The van der Waals surface area contributed by atoms with Crippen molar-refractivity contribution >= 4 is 11.9 Å². The summed E-state index contributed by atoms with van der Waals surface area (Å²) < 4.78 is 26.9. The number of halogens is 2. The Hall–Kier alpha value is -3.10. The van der Waals surface area contributed by atoms with E-state index in [1.54, 1.807) is 19.1 Å². The third kappa shape index (κ3) is 6.26. The molecule has 150 valence electrons. The number of carboxylic acids is 2. The fraction of sp³-hybridized carbons (Fsp3) is 0.200. The van der Waals surface area contributed by atoms with Gasteiger partial charge in [0.05, 0.1) is 0 Å². The van der Waals surface area contributed by atoms with Crippen molar-refractivity contribution in [3.8, 4) is 0 Å². The number of carbonyl (C=O) groups is 2. The molecule has 0 aliphatic carbocycles. The van der Waals surface area contributed by atoms with Gasteiger partial charge in [-0.25, -0.2) is 18.4 Å². The normalized spacial score (nSPS) is 12.2. The lowest BCUT2D eigenvalue weighted by Gasteiger charge is -2.34. The van der Waals surface area contributed by atoms with Crippen LogP contribution in [0, 0.1) is 17.6 Å². The van der Waals surface area contributed by atoms with Crippen LogP contribution in [-0.4, -0.2) is 33.8 Å². The summed E-state index contributed by atoms with van der Waals surface area (Å²) in [5, 5.41) is 26.7. The Morgan fingerprint density at radius 2 is 1.39 bits per heavy atom. The van der Waals surface area contributed by atoms with Crippen LogP contribution in [0.25, 0.3) is 0 Å². The quantitative estimate of drug-likeness (QED) is 0.560. The summed E-state index contributed by atoms with van der Waals surface area (Å²) >= 11 is 0. The highest BCUT2D eigenvalue weighted by atomic mass is 19.1. The molecule has 0 aromatic heterocycles. The van der Waals surface area contributed by atoms with E-state index >= 15 is 0 Å². The number of benzene rings is 2. The van der Waals surface area contributed by atoms with Crippen LogP contribution in [0.15, 0.2) is 60.7 Å². The van der Waals surface area contributed by atoms with Crippen LogP contribution in [-0.2, 0) is 15.2 Å². The molecular weight excluding hydrogens is 372 g/mol. The predicted molar refractivity (Wildman–Crippen MR) is 98.4 cm³/mol. The first-order valence-corrected chi connectivity index (χ1v) is 8.19. The number of carboxylic acid groups (broad SMARTS) is 2. The van der Waals surface area contributed by atoms with Crippen molar-refractivity contribution in [3.63, 3.8) is 0 Å². The molecule has 8 heteroatoms. The minimum Gasteiger partial charge on any atom is -0.478 e.